The van der Waals surface area contributed by atoms with E-state index < -0.39 is 0 Å². The summed E-state index contributed by atoms with van der Waals surface area (Å²) in [5, 5.41) is 15.2. The second-order valence-corrected chi connectivity index (χ2v) is 7.43. The summed E-state index contributed by atoms with van der Waals surface area (Å²) in [7, 11) is 0. The zero-order chi connectivity index (χ0) is 17.5. The van der Waals surface area contributed by atoms with Gasteiger partial charge in [0.05, 0.1) is 10.9 Å². The molecule has 2 aromatic rings. The number of carbonyl (C=O) groups excluding carboxylic acids is 1. The van der Waals surface area contributed by atoms with E-state index in [1.165, 1.54) is 43.0 Å². The maximum Gasteiger partial charge on any atom is 0.233 e. The first-order valence-corrected chi connectivity index (χ1v) is 9.58. The Kier molecular flexibility index (Phi) is 6.22. The number of benzene rings is 1. The highest BCUT2D eigenvalue weighted by Crippen LogP contribution is 2.23. The molecule has 1 aliphatic rings. The largest absolute Gasteiger partial charge is 0.355 e. The summed E-state index contributed by atoms with van der Waals surface area (Å²) in [5.74, 6) is 0.0176. The van der Waals surface area contributed by atoms with E-state index in [-0.39, 0.29) is 11.2 Å². The van der Waals surface area contributed by atoms with Crippen LogP contribution in [0.2, 0.25) is 0 Å². The zero-order valence-corrected chi connectivity index (χ0v) is 15.2. The normalized spacial score (nSPS) is 15.5. The van der Waals surface area contributed by atoms with Gasteiger partial charge < -0.3 is 5.32 Å². The first kappa shape index (κ1) is 17.7. The zero-order valence-electron chi connectivity index (χ0n) is 14.4. The molecule has 0 radical (unpaired) electrons. The van der Waals surface area contributed by atoms with E-state index in [4.69, 9.17) is 0 Å². The van der Waals surface area contributed by atoms with Gasteiger partial charge >= 0.3 is 0 Å². The van der Waals surface area contributed by atoms with Crippen LogP contribution in [-0.4, -0.2) is 37.9 Å². The molecule has 1 aromatic heterocycles. The van der Waals surface area contributed by atoms with Crippen molar-refractivity contribution in [1.29, 1.82) is 0 Å². The van der Waals surface area contributed by atoms with E-state index in [2.05, 4.69) is 26.9 Å². The van der Waals surface area contributed by atoms with E-state index in [1.54, 1.807) is 4.68 Å². The van der Waals surface area contributed by atoms with Crippen LogP contribution >= 0.6 is 11.8 Å². The number of allylic oxidation sites excluding steroid dienone is 1. The molecule has 0 unspecified atom stereocenters. The first-order chi connectivity index (χ1) is 12.2. The van der Waals surface area contributed by atoms with Crippen molar-refractivity contribution in [2.45, 2.75) is 49.4 Å². The van der Waals surface area contributed by atoms with Crippen LogP contribution < -0.4 is 5.32 Å². The van der Waals surface area contributed by atoms with Gasteiger partial charge in [-0.3, -0.25) is 4.79 Å². The quantitative estimate of drug-likeness (QED) is 0.609. The van der Waals surface area contributed by atoms with Crippen molar-refractivity contribution in [3.8, 4) is 5.69 Å². The molecule has 0 aliphatic heterocycles. The minimum atomic E-state index is -0.256. The molecular formula is C18H23N5OS. The number of hydrogen-bond donors (Lipinski definition) is 1. The second kappa shape index (κ2) is 8.80. The number of carbonyl (C=O) groups is 1. The fourth-order valence-electron chi connectivity index (χ4n) is 2.82. The molecule has 1 atom stereocenters. The molecule has 0 bridgehead atoms. The van der Waals surface area contributed by atoms with Crippen LogP contribution in [0.1, 0.15) is 39.0 Å². The molecule has 3 rings (SSSR count). The van der Waals surface area contributed by atoms with Gasteiger partial charge in [-0.15, -0.1) is 5.10 Å². The Balaban J connectivity index is 1.52. The third kappa shape index (κ3) is 4.92. The van der Waals surface area contributed by atoms with Crippen LogP contribution in [0.15, 0.2) is 47.1 Å². The number of tetrazole rings is 1. The third-order valence-electron chi connectivity index (χ3n) is 4.22. The predicted octanol–water partition coefficient (Wildman–Crippen LogP) is 3.15. The maximum atomic E-state index is 12.3. The first-order valence-electron chi connectivity index (χ1n) is 8.70. The van der Waals surface area contributed by atoms with Gasteiger partial charge in [0.2, 0.25) is 11.1 Å². The smallest absolute Gasteiger partial charge is 0.233 e. The summed E-state index contributed by atoms with van der Waals surface area (Å²) in [6.45, 7) is 2.57. The number of para-hydroxylation sites is 1. The van der Waals surface area contributed by atoms with Gasteiger partial charge in [0.25, 0.3) is 0 Å². The van der Waals surface area contributed by atoms with Gasteiger partial charge in [-0.25, -0.2) is 0 Å². The van der Waals surface area contributed by atoms with Gasteiger partial charge in [-0.1, -0.05) is 41.6 Å². The number of thioether (sulfide) groups is 1. The maximum absolute atomic E-state index is 12.3. The lowest BCUT2D eigenvalue weighted by atomic mass is 9.97. The molecule has 132 valence electrons. The molecule has 25 heavy (non-hydrogen) atoms. The van der Waals surface area contributed by atoms with Crippen LogP contribution in [0, 0.1) is 0 Å². The number of hydrogen-bond acceptors (Lipinski definition) is 5. The van der Waals surface area contributed by atoms with E-state index in [0.717, 1.165) is 12.1 Å². The van der Waals surface area contributed by atoms with Crippen molar-refractivity contribution >= 4 is 17.7 Å². The van der Waals surface area contributed by atoms with Crippen LogP contribution in [0.5, 0.6) is 0 Å². The molecule has 0 spiro atoms. The van der Waals surface area contributed by atoms with Crippen molar-refractivity contribution in [3.63, 3.8) is 0 Å². The molecule has 1 N–H and O–H groups in total. The Morgan fingerprint density at radius 1 is 1.32 bits per heavy atom. The van der Waals surface area contributed by atoms with E-state index in [1.807, 2.05) is 37.3 Å². The lowest BCUT2D eigenvalue weighted by Gasteiger charge is -2.14. The van der Waals surface area contributed by atoms with Crippen LogP contribution in [0.4, 0.5) is 0 Å². The Hall–Kier alpha value is -2.15. The molecule has 1 heterocycles. The van der Waals surface area contributed by atoms with Gasteiger partial charge in [0, 0.05) is 6.54 Å². The average Bonchev–Trinajstić information content (AvgIpc) is 3.11. The summed E-state index contributed by atoms with van der Waals surface area (Å²) in [6, 6.07) is 9.67. The molecule has 0 fully saturated rings. The van der Waals surface area contributed by atoms with E-state index in [9.17, 15) is 4.79 Å². The summed E-state index contributed by atoms with van der Waals surface area (Å²) in [4.78, 5) is 12.3. The van der Waals surface area contributed by atoms with E-state index in [0.29, 0.717) is 11.7 Å². The molecule has 1 aromatic carbocycles. The van der Waals surface area contributed by atoms with Gasteiger partial charge in [0.15, 0.2) is 0 Å². The Labute approximate surface area is 152 Å². The highest BCUT2D eigenvalue weighted by Gasteiger charge is 2.19. The molecule has 1 aliphatic carbocycles. The second-order valence-electron chi connectivity index (χ2n) is 6.12. The fourth-order valence-corrected chi connectivity index (χ4v) is 3.65. The number of nitrogens with zero attached hydrogens (tertiary/aromatic N) is 4. The van der Waals surface area contributed by atoms with Crippen molar-refractivity contribution in [2.75, 3.05) is 6.54 Å². The van der Waals surface area contributed by atoms with Crippen molar-refractivity contribution < 1.29 is 4.79 Å². The van der Waals surface area contributed by atoms with Crippen molar-refractivity contribution in [2.24, 2.45) is 0 Å². The minimum absolute atomic E-state index is 0.0176. The third-order valence-corrected chi connectivity index (χ3v) is 5.26. The molecular weight excluding hydrogens is 334 g/mol. The summed E-state index contributed by atoms with van der Waals surface area (Å²) < 4.78 is 1.65. The SMILES string of the molecule is C[C@@H](Sc1nnnn1-c1ccccc1)C(=O)NCCC1=CCCCC1. The lowest BCUT2D eigenvalue weighted by molar-refractivity contribution is -0.120. The standard InChI is InChI=1S/C18H23N5OS/c1-14(17(24)19-13-12-15-8-4-2-5-9-15)25-18-20-21-22-23(18)16-10-6-3-7-11-16/h3,6-8,10-11,14H,2,4-5,9,12-13H2,1H3,(H,19,24)/t14-/m1/s1. The van der Waals surface area contributed by atoms with Crippen LogP contribution in [0.25, 0.3) is 5.69 Å². The number of amides is 1. The molecule has 6 nitrogen and oxygen atoms in total. The number of nitrogens with one attached hydrogen (secondary N) is 1. The topological polar surface area (TPSA) is 72.7 Å². The summed E-state index contributed by atoms with van der Waals surface area (Å²) >= 11 is 1.37. The summed E-state index contributed by atoms with van der Waals surface area (Å²) in [6.07, 6.45) is 8.18. The highest BCUT2D eigenvalue weighted by atomic mass is 32.2. The Bertz CT molecular complexity index is 728. The minimum Gasteiger partial charge on any atom is -0.355 e. The molecule has 1 amide bonds. The summed E-state index contributed by atoms with van der Waals surface area (Å²) in [5.41, 5.74) is 2.35. The Morgan fingerprint density at radius 2 is 2.16 bits per heavy atom. The van der Waals surface area contributed by atoms with Crippen molar-refractivity contribution in [3.05, 3.63) is 42.0 Å². The van der Waals surface area contributed by atoms with Gasteiger partial charge in [0.1, 0.15) is 0 Å². The lowest BCUT2D eigenvalue weighted by Crippen LogP contribution is -2.32. The van der Waals surface area contributed by atoms with Gasteiger partial charge in [-0.2, -0.15) is 4.68 Å². The van der Waals surface area contributed by atoms with Crippen LogP contribution in [0.3, 0.4) is 0 Å². The van der Waals surface area contributed by atoms with Crippen molar-refractivity contribution in [1.82, 2.24) is 25.5 Å². The average molecular weight is 357 g/mol. The molecule has 0 saturated heterocycles. The van der Waals surface area contributed by atoms with E-state index >= 15 is 0 Å². The highest BCUT2D eigenvalue weighted by molar-refractivity contribution is 8.00. The van der Waals surface area contributed by atoms with Gasteiger partial charge in [-0.05, 0) is 61.6 Å². The van der Waals surface area contributed by atoms with Crippen LogP contribution in [-0.2, 0) is 4.79 Å². The molecule has 7 heteroatoms. The number of aromatic nitrogens is 4. The fraction of sp³-hybridized carbons (Fsp3) is 0.444. The predicted molar refractivity (Wildman–Crippen MR) is 98.7 cm³/mol. The number of rotatable bonds is 7. The monoisotopic (exact) mass is 357 g/mol. The Morgan fingerprint density at radius 3 is 2.92 bits per heavy atom. The molecule has 0 saturated carbocycles.